The van der Waals surface area contributed by atoms with Gasteiger partial charge in [0.05, 0.1) is 11.8 Å². The van der Waals surface area contributed by atoms with Crippen molar-refractivity contribution >= 4 is 17.2 Å². The van der Waals surface area contributed by atoms with E-state index >= 15 is 0 Å². The number of carbonyl (C=O) groups is 1. The lowest BCUT2D eigenvalue weighted by Gasteiger charge is -2.21. The van der Waals surface area contributed by atoms with Crippen molar-refractivity contribution in [2.45, 2.75) is 38.3 Å². The highest BCUT2D eigenvalue weighted by Gasteiger charge is 2.32. The summed E-state index contributed by atoms with van der Waals surface area (Å²) in [6.07, 6.45) is 4.12. The van der Waals surface area contributed by atoms with Gasteiger partial charge in [0.2, 0.25) is 5.91 Å². The summed E-state index contributed by atoms with van der Waals surface area (Å²) in [5.41, 5.74) is 1.30. The third-order valence-corrected chi connectivity index (χ3v) is 5.28. The van der Waals surface area contributed by atoms with E-state index in [0.717, 1.165) is 24.5 Å². The zero-order valence-electron chi connectivity index (χ0n) is 14.5. The van der Waals surface area contributed by atoms with E-state index in [2.05, 4.69) is 10.4 Å². The molecule has 0 atom stereocenters. The molecule has 0 radical (unpaired) electrons. The van der Waals surface area contributed by atoms with Crippen molar-refractivity contribution in [1.82, 2.24) is 9.88 Å². The molecular weight excluding hydrogens is 370 g/mol. The molecule has 2 aromatic heterocycles. The van der Waals surface area contributed by atoms with Gasteiger partial charge < -0.3 is 9.32 Å². The molecule has 27 heavy (non-hydrogen) atoms. The molecule has 0 N–H and O–H groups in total. The summed E-state index contributed by atoms with van der Waals surface area (Å²) >= 11 is 1.62. The minimum Gasteiger partial charge on any atom is -0.441 e. The molecule has 0 unspecified atom stereocenters. The number of aromatic nitrogens is 1. The first-order valence-corrected chi connectivity index (χ1v) is 9.75. The van der Waals surface area contributed by atoms with Crippen LogP contribution >= 0.6 is 11.3 Å². The largest absolute Gasteiger partial charge is 0.441 e. The highest BCUT2D eigenvalue weighted by molar-refractivity contribution is 7.07. The first-order valence-electron chi connectivity index (χ1n) is 8.81. The van der Waals surface area contributed by atoms with Crippen molar-refractivity contribution in [3.05, 3.63) is 64.3 Å². The third-order valence-electron chi connectivity index (χ3n) is 4.54. The van der Waals surface area contributed by atoms with Crippen molar-refractivity contribution in [2.75, 3.05) is 0 Å². The lowest BCUT2D eigenvalue weighted by Crippen LogP contribution is -2.32. The number of thiophene rings is 1. The Morgan fingerprint density at radius 1 is 1.30 bits per heavy atom. The molecule has 1 saturated carbocycles. The van der Waals surface area contributed by atoms with Crippen molar-refractivity contribution in [1.29, 1.82) is 0 Å². The molecule has 0 bridgehead atoms. The quantitative estimate of drug-likeness (QED) is 0.584. The van der Waals surface area contributed by atoms with Gasteiger partial charge in [-0.05, 0) is 47.4 Å². The van der Waals surface area contributed by atoms with Gasteiger partial charge in [0.1, 0.15) is 11.6 Å². The van der Waals surface area contributed by atoms with Gasteiger partial charge in [-0.3, -0.25) is 4.79 Å². The van der Waals surface area contributed by atoms with Crippen LogP contribution < -0.4 is 0 Å². The van der Waals surface area contributed by atoms with Crippen LogP contribution in [-0.2, 0) is 17.8 Å². The van der Waals surface area contributed by atoms with E-state index in [0.29, 0.717) is 24.9 Å². The molecule has 0 spiro atoms. The van der Waals surface area contributed by atoms with Gasteiger partial charge >= 0.3 is 0 Å². The summed E-state index contributed by atoms with van der Waals surface area (Å²) in [5, 5.41) is 4.06. The Morgan fingerprint density at radius 3 is 2.85 bits per heavy atom. The van der Waals surface area contributed by atoms with E-state index in [-0.39, 0.29) is 23.7 Å². The number of aryl methyl sites for hydroxylation is 1. The minimum absolute atomic E-state index is 0.0661. The fraction of sp³-hybridized carbons (Fsp3) is 0.300. The van der Waals surface area contributed by atoms with Crippen LogP contribution in [0.3, 0.4) is 0 Å². The van der Waals surface area contributed by atoms with Crippen LogP contribution in [0.25, 0.3) is 11.3 Å². The van der Waals surface area contributed by atoms with Gasteiger partial charge in [-0.15, -0.1) is 0 Å². The van der Waals surface area contributed by atoms with Gasteiger partial charge in [0.15, 0.2) is 11.7 Å². The van der Waals surface area contributed by atoms with Gasteiger partial charge in [0.25, 0.3) is 0 Å². The molecule has 1 amide bonds. The number of hydrogen-bond donors (Lipinski definition) is 0. The van der Waals surface area contributed by atoms with E-state index in [1.165, 1.54) is 18.3 Å². The number of hydrogen-bond acceptors (Lipinski definition) is 4. The molecule has 0 saturated heterocycles. The SMILES string of the molecule is O=C(CCc1ncc(-c2ccc(F)cc2F)o1)N(Cc1ccsc1)C1CC1. The van der Waals surface area contributed by atoms with Crippen LogP contribution in [0.2, 0.25) is 0 Å². The standard InChI is InChI=1S/C20H18F2N2O2S/c21-14-1-4-16(17(22)9-14)18-10-23-19(26-18)5-6-20(25)24(15-2-3-15)11-13-7-8-27-12-13/h1,4,7-10,12,15H,2-3,5-6,11H2. The Bertz CT molecular complexity index is 935. The Balaban J connectivity index is 1.39. The molecule has 0 aliphatic heterocycles. The maximum atomic E-state index is 13.9. The molecular formula is C20H18F2N2O2S. The number of rotatable bonds is 7. The van der Waals surface area contributed by atoms with E-state index in [4.69, 9.17) is 4.42 Å². The summed E-state index contributed by atoms with van der Waals surface area (Å²) in [7, 11) is 0. The molecule has 4 rings (SSSR count). The Labute approximate surface area is 159 Å². The van der Waals surface area contributed by atoms with E-state index < -0.39 is 11.6 Å². The van der Waals surface area contributed by atoms with Crippen molar-refractivity contribution in [2.24, 2.45) is 0 Å². The van der Waals surface area contributed by atoms with Gasteiger partial charge in [-0.1, -0.05) is 0 Å². The molecule has 2 heterocycles. The van der Waals surface area contributed by atoms with Crippen molar-refractivity contribution in [3.8, 4) is 11.3 Å². The van der Waals surface area contributed by atoms with Crippen LogP contribution in [-0.4, -0.2) is 21.8 Å². The second-order valence-corrected chi connectivity index (χ2v) is 7.41. The number of benzene rings is 1. The molecule has 1 aliphatic rings. The Morgan fingerprint density at radius 2 is 2.15 bits per heavy atom. The Hall–Kier alpha value is -2.54. The van der Waals surface area contributed by atoms with Crippen LogP contribution in [0.1, 0.15) is 30.7 Å². The summed E-state index contributed by atoms with van der Waals surface area (Å²) in [5.74, 6) is -0.686. The minimum atomic E-state index is -0.704. The van der Waals surface area contributed by atoms with E-state index in [1.54, 1.807) is 11.3 Å². The van der Waals surface area contributed by atoms with Crippen molar-refractivity contribution in [3.63, 3.8) is 0 Å². The first kappa shape index (κ1) is 17.9. The highest BCUT2D eigenvalue weighted by atomic mass is 32.1. The molecule has 1 aliphatic carbocycles. The van der Waals surface area contributed by atoms with E-state index in [1.807, 2.05) is 16.3 Å². The molecule has 1 fully saturated rings. The fourth-order valence-corrected chi connectivity index (χ4v) is 3.64. The second kappa shape index (κ2) is 7.60. The normalized spacial score (nSPS) is 13.7. The lowest BCUT2D eigenvalue weighted by molar-refractivity contribution is -0.132. The number of nitrogens with zero attached hydrogens (tertiary/aromatic N) is 2. The maximum absolute atomic E-state index is 13.9. The van der Waals surface area contributed by atoms with Crippen LogP contribution in [0.5, 0.6) is 0 Å². The van der Waals surface area contributed by atoms with Crippen LogP contribution in [0.15, 0.2) is 45.6 Å². The molecule has 4 nitrogen and oxygen atoms in total. The fourth-order valence-electron chi connectivity index (χ4n) is 2.98. The molecule has 7 heteroatoms. The zero-order valence-corrected chi connectivity index (χ0v) is 15.3. The monoisotopic (exact) mass is 388 g/mol. The van der Waals surface area contributed by atoms with Gasteiger partial charge in [-0.25, -0.2) is 13.8 Å². The summed E-state index contributed by atoms with van der Waals surface area (Å²) in [6, 6.07) is 5.65. The molecule has 3 aromatic rings. The number of oxazole rings is 1. The zero-order chi connectivity index (χ0) is 18.8. The maximum Gasteiger partial charge on any atom is 0.223 e. The predicted octanol–water partition coefficient (Wildman–Crippen LogP) is 4.81. The average Bonchev–Trinajstić information content (AvgIpc) is 3.15. The number of carbonyl (C=O) groups excluding carboxylic acids is 1. The number of halogens is 2. The summed E-state index contributed by atoms with van der Waals surface area (Å²) < 4.78 is 32.4. The molecule has 140 valence electrons. The number of amides is 1. The second-order valence-electron chi connectivity index (χ2n) is 6.63. The predicted molar refractivity (Wildman–Crippen MR) is 98.1 cm³/mol. The molecule has 1 aromatic carbocycles. The topological polar surface area (TPSA) is 46.3 Å². The first-order chi connectivity index (χ1) is 13.1. The van der Waals surface area contributed by atoms with Gasteiger partial charge in [-0.2, -0.15) is 11.3 Å². The third kappa shape index (κ3) is 4.24. The highest BCUT2D eigenvalue weighted by Crippen LogP contribution is 2.30. The van der Waals surface area contributed by atoms with E-state index in [9.17, 15) is 13.6 Å². The summed E-state index contributed by atoms with van der Waals surface area (Å²) in [4.78, 5) is 18.7. The smallest absolute Gasteiger partial charge is 0.223 e. The van der Waals surface area contributed by atoms with Gasteiger partial charge in [0, 0.05) is 31.5 Å². The summed E-state index contributed by atoms with van der Waals surface area (Å²) in [6.45, 7) is 0.630. The Kier molecular flexibility index (Phi) is 5.03. The van der Waals surface area contributed by atoms with Crippen molar-refractivity contribution < 1.29 is 18.0 Å². The lowest BCUT2D eigenvalue weighted by atomic mass is 10.2. The van der Waals surface area contributed by atoms with Crippen LogP contribution in [0.4, 0.5) is 8.78 Å². The van der Waals surface area contributed by atoms with Crippen LogP contribution in [0, 0.1) is 11.6 Å². The average molecular weight is 388 g/mol.